The smallest absolute Gasteiger partial charge is 0.268 e. The van der Waals surface area contributed by atoms with Crippen LogP contribution < -0.4 is 5.32 Å². The maximum atomic E-state index is 12.1. The van der Waals surface area contributed by atoms with E-state index in [4.69, 9.17) is 0 Å². The van der Waals surface area contributed by atoms with Crippen LogP contribution in [0.2, 0.25) is 0 Å². The molecule has 1 aliphatic carbocycles. The molecule has 4 rings (SSSR count). The van der Waals surface area contributed by atoms with Crippen LogP contribution in [0.5, 0.6) is 0 Å². The van der Waals surface area contributed by atoms with Crippen LogP contribution in [-0.2, 0) is 0 Å². The van der Waals surface area contributed by atoms with Gasteiger partial charge in [0.25, 0.3) is 5.91 Å². The third-order valence-electron chi connectivity index (χ3n) is 4.48. The molecule has 2 aromatic rings. The summed E-state index contributed by atoms with van der Waals surface area (Å²) in [5.41, 5.74) is 4.27. The van der Waals surface area contributed by atoms with E-state index in [9.17, 15) is 9.59 Å². The lowest BCUT2D eigenvalue weighted by Crippen LogP contribution is -2.23. The molecule has 0 saturated carbocycles. The van der Waals surface area contributed by atoms with Gasteiger partial charge in [0.15, 0.2) is 5.78 Å². The van der Waals surface area contributed by atoms with Crippen molar-refractivity contribution in [2.75, 3.05) is 6.54 Å². The molecule has 1 aliphatic heterocycles. The number of aromatic amines is 2. The summed E-state index contributed by atoms with van der Waals surface area (Å²) in [5.74, 6) is 0.222. The van der Waals surface area contributed by atoms with Crippen molar-refractivity contribution < 1.29 is 9.59 Å². The summed E-state index contributed by atoms with van der Waals surface area (Å²) in [6.45, 7) is 0.552. The van der Waals surface area contributed by atoms with Gasteiger partial charge in [-0.25, -0.2) is 0 Å². The van der Waals surface area contributed by atoms with Crippen LogP contribution in [0.25, 0.3) is 6.08 Å². The highest BCUT2D eigenvalue weighted by Gasteiger charge is 2.28. The number of nitrogens with one attached hydrogen (secondary N) is 3. The largest absolute Gasteiger partial charge is 0.359 e. The van der Waals surface area contributed by atoms with Crippen LogP contribution in [0, 0.1) is 0 Å². The van der Waals surface area contributed by atoms with Crippen LogP contribution in [0.3, 0.4) is 0 Å². The minimum atomic E-state index is -0.0785. The van der Waals surface area contributed by atoms with Crippen LogP contribution in [0.1, 0.15) is 63.0 Å². The predicted molar refractivity (Wildman–Crippen MR) is 83.0 cm³/mol. The molecule has 0 saturated heterocycles. The molecule has 3 N–H and O–H groups in total. The standard InChI is InChI=1S/C17H17N3O2/c21-14-5-1-4-11(12-6-8-18-16(12)14)13-9-10-3-2-7-19-17(22)15(10)20-13/h2-3,6,8-9,11,18,20H,1,4-5,7H2,(H,19,22). The summed E-state index contributed by atoms with van der Waals surface area (Å²) >= 11 is 0. The normalized spacial score (nSPS) is 20.8. The maximum absolute atomic E-state index is 12.1. The quantitative estimate of drug-likeness (QED) is 0.707. The van der Waals surface area contributed by atoms with Gasteiger partial charge in [0.1, 0.15) is 5.69 Å². The van der Waals surface area contributed by atoms with Crippen molar-refractivity contribution in [3.05, 3.63) is 52.6 Å². The molecule has 2 aliphatic rings. The number of ketones is 1. The number of hydrogen-bond donors (Lipinski definition) is 3. The number of fused-ring (bicyclic) bond motifs is 2. The Morgan fingerprint density at radius 1 is 1.18 bits per heavy atom. The lowest BCUT2D eigenvalue weighted by atomic mass is 9.93. The molecule has 0 radical (unpaired) electrons. The Morgan fingerprint density at radius 2 is 2.09 bits per heavy atom. The Morgan fingerprint density at radius 3 is 3.00 bits per heavy atom. The third kappa shape index (κ3) is 2.01. The molecule has 1 atom stereocenters. The molecule has 3 heterocycles. The second kappa shape index (κ2) is 5.02. The lowest BCUT2D eigenvalue weighted by Gasteiger charge is -2.13. The van der Waals surface area contributed by atoms with Gasteiger partial charge < -0.3 is 15.3 Å². The van der Waals surface area contributed by atoms with Crippen molar-refractivity contribution in [1.29, 1.82) is 0 Å². The molecular weight excluding hydrogens is 278 g/mol. The number of hydrogen-bond acceptors (Lipinski definition) is 2. The van der Waals surface area contributed by atoms with Crippen LogP contribution in [-0.4, -0.2) is 28.2 Å². The van der Waals surface area contributed by atoms with E-state index < -0.39 is 0 Å². The van der Waals surface area contributed by atoms with Crippen molar-refractivity contribution in [3.8, 4) is 0 Å². The number of carbonyl (C=O) groups excluding carboxylic acids is 2. The molecule has 5 heteroatoms. The predicted octanol–water partition coefficient (Wildman–Crippen LogP) is 2.60. The summed E-state index contributed by atoms with van der Waals surface area (Å²) in [7, 11) is 0. The van der Waals surface area contributed by atoms with E-state index in [0.29, 0.717) is 24.4 Å². The van der Waals surface area contributed by atoms with Crippen molar-refractivity contribution in [2.45, 2.75) is 25.2 Å². The van der Waals surface area contributed by atoms with Crippen LogP contribution in [0.15, 0.2) is 24.4 Å². The number of aromatic nitrogens is 2. The first-order chi connectivity index (χ1) is 10.7. The molecule has 0 bridgehead atoms. The van der Waals surface area contributed by atoms with Gasteiger partial charge in [0, 0.05) is 36.3 Å². The van der Waals surface area contributed by atoms with Gasteiger partial charge in [-0.2, -0.15) is 0 Å². The lowest BCUT2D eigenvalue weighted by molar-refractivity contribution is 0.0951. The molecule has 5 nitrogen and oxygen atoms in total. The van der Waals surface area contributed by atoms with E-state index in [2.05, 4.69) is 15.3 Å². The molecule has 1 amide bonds. The number of carbonyl (C=O) groups is 2. The van der Waals surface area contributed by atoms with Gasteiger partial charge >= 0.3 is 0 Å². The van der Waals surface area contributed by atoms with Crippen LogP contribution in [0.4, 0.5) is 0 Å². The van der Waals surface area contributed by atoms with Crippen molar-refractivity contribution in [1.82, 2.24) is 15.3 Å². The number of rotatable bonds is 1. The average molecular weight is 295 g/mol. The Labute approximate surface area is 127 Å². The Bertz CT molecular complexity index is 782. The first-order valence-corrected chi connectivity index (χ1v) is 7.62. The Hall–Kier alpha value is -2.56. The third-order valence-corrected chi connectivity index (χ3v) is 4.48. The minimum absolute atomic E-state index is 0.0785. The monoisotopic (exact) mass is 295 g/mol. The Balaban J connectivity index is 1.80. The molecule has 2 aromatic heterocycles. The highest BCUT2D eigenvalue weighted by atomic mass is 16.2. The molecule has 22 heavy (non-hydrogen) atoms. The SMILES string of the molecule is O=C1NCC=Cc2cc(C3CCCC(=O)c4[nH]ccc43)[nH]c21. The highest BCUT2D eigenvalue weighted by molar-refractivity contribution is 5.98. The van der Waals surface area contributed by atoms with Gasteiger partial charge in [-0.1, -0.05) is 12.2 Å². The Kier molecular flexibility index (Phi) is 2.99. The molecule has 112 valence electrons. The number of amides is 1. The van der Waals surface area contributed by atoms with Gasteiger partial charge in [0.05, 0.1) is 5.69 Å². The fourth-order valence-electron chi connectivity index (χ4n) is 3.41. The zero-order valence-electron chi connectivity index (χ0n) is 12.1. The van der Waals surface area contributed by atoms with Crippen LogP contribution >= 0.6 is 0 Å². The molecule has 0 spiro atoms. The fraction of sp³-hybridized carbons (Fsp3) is 0.294. The number of Topliss-reactive ketones (excluding diaryl/α,β-unsaturated/α-hetero) is 1. The fourth-order valence-corrected chi connectivity index (χ4v) is 3.41. The summed E-state index contributed by atoms with van der Waals surface area (Å²) < 4.78 is 0. The summed E-state index contributed by atoms with van der Waals surface area (Å²) in [4.78, 5) is 30.5. The topological polar surface area (TPSA) is 77.8 Å². The second-order valence-corrected chi connectivity index (χ2v) is 5.84. The zero-order chi connectivity index (χ0) is 15.1. The van der Waals surface area contributed by atoms with Gasteiger partial charge in [-0.15, -0.1) is 0 Å². The molecule has 0 aromatic carbocycles. The van der Waals surface area contributed by atoms with E-state index in [-0.39, 0.29) is 17.6 Å². The first-order valence-electron chi connectivity index (χ1n) is 7.62. The van der Waals surface area contributed by atoms with Gasteiger partial charge in [-0.05, 0) is 30.5 Å². The second-order valence-electron chi connectivity index (χ2n) is 5.84. The van der Waals surface area contributed by atoms with Crippen molar-refractivity contribution >= 4 is 17.8 Å². The zero-order valence-corrected chi connectivity index (χ0v) is 12.1. The van der Waals surface area contributed by atoms with Crippen molar-refractivity contribution in [2.24, 2.45) is 0 Å². The van der Waals surface area contributed by atoms with E-state index in [1.807, 2.05) is 30.5 Å². The maximum Gasteiger partial charge on any atom is 0.268 e. The summed E-state index contributed by atoms with van der Waals surface area (Å²) in [6.07, 6.45) is 8.07. The van der Waals surface area contributed by atoms with E-state index >= 15 is 0 Å². The molecule has 1 unspecified atom stereocenters. The highest BCUT2D eigenvalue weighted by Crippen LogP contribution is 2.36. The van der Waals surface area contributed by atoms with E-state index in [1.54, 1.807) is 0 Å². The average Bonchev–Trinajstić information content (AvgIpc) is 3.08. The first kappa shape index (κ1) is 13.1. The number of H-pyrrole nitrogens is 2. The van der Waals surface area contributed by atoms with Crippen molar-refractivity contribution in [3.63, 3.8) is 0 Å². The van der Waals surface area contributed by atoms with Gasteiger partial charge in [0.2, 0.25) is 0 Å². The molecular formula is C17H17N3O2. The van der Waals surface area contributed by atoms with E-state index in [0.717, 1.165) is 29.7 Å². The molecule has 0 fully saturated rings. The summed E-state index contributed by atoms with van der Waals surface area (Å²) in [5, 5.41) is 2.83. The minimum Gasteiger partial charge on any atom is -0.359 e. The van der Waals surface area contributed by atoms with Gasteiger partial charge in [-0.3, -0.25) is 9.59 Å². The summed E-state index contributed by atoms with van der Waals surface area (Å²) in [6, 6.07) is 4.01. The van der Waals surface area contributed by atoms with E-state index in [1.165, 1.54) is 0 Å².